The molecule has 0 saturated carbocycles. The summed E-state index contributed by atoms with van der Waals surface area (Å²) in [5.41, 5.74) is 5.88. The number of likely N-dealkylation sites (N-methyl/N-ethyl adjacent to an activating group) is 2. The van der Waals surface area contributed by atoms with Crippen molar-refractivity contribution in [2.45, 2.75) is 63.1 Å². The maximum atomic E-state index is 12.4. The molecule has 0 radical (unpaired) electrons. The highest BCUT2D eigenvalue weighted by atomic mass is 16.2. The maximum Gasteiger partial charge on any atom is 0.237 e. The Balaban J connectivity index is 3.99. The van der Waals surface area contributed by atoms with Crippen LogP contribution < -0.4 is 37.6 Å². The number of nitrogens with two attached hydrogens (primary N) is 1. The Morgan fingerprint density at radius 2 is 1.38 bits per heavy atom. The molecule has 0 rings (SSSR count). The largest absolute Gasteiger partial charge is 0.355 e. The van der Waals surface area contributed by atoms with E-state index in [9.17, 15) is 9.59 Å². The normalized spacial score (nSPS) is 14.2. The van der Waals surface area contributed by atoms with E-state index in [1.54, 1.807) is 7.05 Å². The number of rotatable bonds is 19. The van der Waals surface area contributed by atoms with E-state index in [1.165, 1.54) is 0 Å². The molecule has 29 heavy (non-hydrogen) atoms. The predicted octanol–water partition coefficient (Wildman–Crippen LogP) is -1.11. The first-order valence-electron chi connectivity index (χ1n) is 10.9. The zero-order valence-electron chi connectivity index (χ0n) is 18.9. The molecule has 0 aliphatic heterocycles. The van der Waals surface area contributed by atoms with E-state index in [1.807, 2.05) is 21.1 Å². The Kier molecular flexibility index (Phi) is 17.9. The highest BCUT2D eigenvalue weighted by Gasteiger charge is 2.17. The van der Waals surface area contributed by atoms with Gasteiger partial charge in [-0.1, -0.05) is 0 Å². The van der Waals surface area contributed by atoms with E-state index in [-0.39, 0.29) is 23.9 Å². The molecule has 9 nitrogen and oxygen atoms in total. The zero-order chi connectivity index (χ0) is 21.9. The summed E-state index contributed by atoms with van der Waals surface area (Å²) in [5, 5.41) is 18.4. The van der Waals surface area contributed by atoms with Gasteiger partial charge in [0.2, 0.25) is 11.8 Å². The first-order valence-corrected chi connectivity index (χ1v) is 10.9. The fourth-order valence-corrected chi connectivity index (χ4v) is 3.07. The lowest BCUT2D eigenvalue weighted by atomic mass is 10.1. The fraction of sp³-hybridized carbons (Fsp3) is 0.900. The van der Waals surface area contributed by atoms with Crippen molar-refractivity contribution in [1.82, 2.24) is 31.9 Å². The molecule has 0 aliphatic carbocycles. The van der Waals surface area contributed by atoms with Crippen molar-refractivity contribution in [3.05, 3.63) is 0 Å². The summed E-state index contributed by atoms with van der Waals surface area (Å²) in [5.74, 6) is -0.0719. The maximum absolute atomic E-state index is 12.4. The average molecular weight is 416 g/mol. The molecule has 0 aromatic carbocycles. The van der Waals surface area contributed by atoms with Crippen molar-refractivity contribution in [3.63, 3.8) is 0 Å². The number of nitrogens with one attached hydrogen (secondary N) is 6. The molecule has 8 N–H and O–H groups in total. The van der Waals surface area contributed by atoms with Crippen LogP contribution in [0, 0.1) is 0 Å². The highest BCUT2D eigenvalue weighted by molar-refractivity contribution is 5.82. The number of hydrogen-bond acceptors (Lipinski definition) is 7. The first kappa shape index (κ1) is 27.7. The SMILES string of the molecule is CNCCC[C@@H](CNC(=O)[C@H](CCCCNC(=O)[C@H](N)CCCNC)NC)NC. The van der Waals surface area contributed by atoms with E-state index in [2.05, 4.69) is 31.9 Å². The van der Waals surface area contributed by atoms with Crippen LogP contribution >= 0.6 is 0 Å². The molecule has 0 fully saturated rings. The van der Waals surface area contributed by atoms with Crippen molar-refractivity contribution < 1.29 is 9.59 Å². The van der Waals surface area contributed by atoms with Crippen molar-refractivity contribution in [3.8, 4) is 0 Å². The van der Waals surface area contributed by atoms with Crippen molar-refractivity contribution >= 4 is 11.8 Å². The van der Waals surface area contributed by atoms with Crippen LogP contribution in [0.5, 0.6) is 0 Å². The molecule has 2 amide bonds. The van der Waals surface area contributed by atoms with Gasteiger partial charge >= 0.3 is 0 Å². The molecule has 0 heterocycles. The molecular formula is C20H45N7O2. The lowest BCUT2D eigenvalue weighted by Crippen LogP contribution is -2.47. The third-order valence-electron chi connectivity index (χ3n) is 5.07. The highest BCUT2D eigenvalue weighted by Crippen LogP contribution is 2.02. The minimum absolute atomic E-state index is 0.0250. The van der Waals surface area contributed by atoms with Gasteiger partial charge in [-0.3, -0.25) is 9.59 Å². The molecular weight excluding hydrogens is 370 g/mol. The topological polar surface area (TPSA) is 132 Å². The molecule has 9 heteroatoms. The van der Waals surface area contributed by atoms with Gasteiger partial charge in [-0.25, -0.2) is 0 Å². The number of carbonyl (C=O) groups excluding carboxylic acids is 2. The molecule has 0 bridgehead atoms. The van der Waals surface area contributed by atoms with Crippen LogP contribution in [-0.2, 0) is 9.59 Å². The Labute approximate surface area is 177 Å². The first-order chi connectivity index (χ1) is 14.0. The Morgan fingerprint density at radius 3 is 1.97 bits per heavy atom. The van der Waals surface area contributed by atoms with Crippen molar-refractivity contribution in [1.29, 1.82) is 0 Å². The minimum atomic E-state index is -0.451. The molecule has 0 aliphatic rings. The van der Waals surface area contributed by atoms with Gasteiger partial charge in [0.15, 0.2) is 0 Å². The van der Waals surface area contributed by atoms with Crippen LogP contribution in [0.4, 0.5) is 0 Å². The van der Waals surface area contributed by atoms with E-state index in [0.717, 1.165) is 51.6 Å². The van der Waals surface area contributed by atoms with Gasteiger partial charge in [-0.15, -0.1) is 0 Å². The van der Waals surface area contributed by atoms with Gasteiger partial charge < -0.3 is 37.6 Å². The molecule has 0 unspecified atom stereocenters. The summed E-state index contributed by atoms with van der Waals surface area (Å²) >= 11 is 0. The number of amides is 2. The van der Waals surface area contributed by atoms with E-state index in [4.69, 9.17) is 5.73 Å². The van der Waals surface area contributed by atoms with Gasteiger partial charge in [0, 0.05) is 19.1 Å². The third-order valence-corrected chi connectivity index (χ3v) is 5.07. The number of hydrogen-bond donors (Lipinski definition) is 7. The summed E-state index contributed by atoms with van der Waals surface area (Å²) < 4.78 is 0. The van der Waals surface area contributed by atoms with Crippen LogP contribution in [0.2, 0.25) is 0 Å². The molecule has 0 aromatic heterocycles. The summed E-state index contributed by atoms with van der Waals surface area (Å²) in [6.07, 6.45) is 6.05. The number of carbonyl (C=O) groups is 2. The Bertz CT molecular complexity index is 424. The second kappa shape index (κ2) is 18.7. The molecule has 172 valence electrons. The van der Waals surface area contributed by atoms with Gasteiger partial charge in [-0.05, 0) is 86.2 Å². The predicted molar refractivity (Wildman–Crippen MR) is 120 cm³/mol. The summed E-state index contributed by atoms with van der Waals surface area (Å²) in [4.78, 5) is 24.3. The summed E-state index contributed by atoms with van der Waals surface area (Å²) in [7, 11) is 7.55. The Hall–Kier alpha value is -1.26. The minimum Gasteiger partial charge on any atom is -0.355 e. The summed E-state index contributed by atoms with van der Waals surface area (Å²) in [6, 6.07) is -0.394. The third kappa shape index (κ3) is 14.4. The molecule has 0 saturated heterocycles. The van der Waals surface area contributed by atoms with Crippen LogP contribution in [0.3, 0.4) is 0 Å². The van der Waals surface area contributed by atoms with Crippen LogP contribution in [-0.4, -0.2) is 84.3 Å². The van der Waals surface area contributed by atoms with E-state index < -0.39 is 6.04 Å². The smallest absolute Gasteiger partial charge is 0.237 e. The molecule has 3 atom stereocenters. The van der Waals surface area contributed by atoms with Crippen LogP contribution in [0.1, 0.15) is 44.9 Å². The van der Waals surface area contributed by atoms with Crippen molar-refractivity contribution in [2.75, 3.05) is 54.4 Å². The van der Waals surface area contributed by atoms with E-state index in [0.29, 0.717) is 19.5 Å². The zero-order valence-corrected chi connectivity index (χ0v) is 18.9. The van der Waals surface area contributed by atoms with Crippen LogP contribution in [0.15, 0.2) is 0 Å². The molecule has 0 spiro atoms. The van der Waals surface area contributed by atoms with Gasteiger partial charge in [0.05, 0.1) is 12.1 Å². The fourth-order valence-electron chi connectivity index (χ4n) is 3.07. The summed E-state index contributed by atoms with van der Waals surface area (Å²) in [6.45, 7) is 3.05. The quantitative estimate of drug-likeness (QED) is 0.133. The monoisotopic (exact) mass is 415 g/mol. The van der Waals surface area contributed by atoms with Crippen LogP contribution in [0.25, 0.3) is 0 Å². The van der Waals surface area contributed by atoms with Crippen molar-refractivity contribution in [2.24, 2.45) is 5.73 Å². The lowest BCUT2D eigenvalue weighted by Gasteiger charge is -2.20. The average Bonchev–Trinajstić information content (AvgIpc) is 2.72. The number of unbranched alkanes of at least 4 members (excludes halogenated alkanes) is 1. The Morgan fingerprint density at radius 1 is 0.724 bits per heavy atom. The standard InChI is InChI=1S/C20H45N7O2/c1-22-12-7-9-16(24-3)15-27-20(29)18(25-4)11-5-6-14-26-19(28)17(21)10-8-13-23-2/h16-18,22-25H,5-15,21H2,1-4H3,(H,26,28)(H,27,29)/t16-,17+,18-/m0/s1. The second-order valence-corrected chi connectivity index (χ2v) is 7.46. The molecule has 0 aromatic rings. The van der Waals surface area contributed by atoms with E-state index >= 15 is 0 Å². The van der Waals surface area contributed by atoms with Gasteiger partial charge in [0.25, 0.3) is 0 Å². The van der Waals surface area contributed by atoms with Gasteiger partial charge in [0.1, 0.15) is 0 Å². The lowest BCUT2D eigenvalue weighted by molar-refractivity contribution is -0.124. The second-order valence-electron chi connectivity index (χ2n) is 7.46. The van der Waals surface area contributed by atoms with Gasteiger partial charge in [-0.2, -0.15) is 0 Å².